The van der Waals surface area contributed by atoms with Crippen molar-refractivity contribution in [3.8, 4) is 0 Å². The predicted molar refractivity (Wildman–Crippen MR) is 65.6 cm³/mol. The van der Waals surface area contributed by atoms with E-state index in [0.717, 1.165) is 37.6 Å². The number of rotatable bonds is 2. The molecule has 1 unspecified atom stereocenters. The maximum atomic E-state index is 12.0. The van der Waals surface area contributed by atoms with E-state index in [4.69, 9.17) is 4.42 Å². The second-order valence-electron chi connectivity index (χ2n) is 4.86. The highest BCUT2D eigenvalue weighted by Crippen LogP contribution is 2.17. The van der Waals surface area contributed by atoms with Gasteiger partial charge in [0.25, 0.3) is 0 Å². The van der Waals surface area contributed by atoms with Gasteiger partial charge < -0.3 is 14.6 Å². The van der Waals surface area contributed by atoms with Gasteiger partial charge in [-0.05, 0) is 37.8 Å². The fraction of sp³-hybridized carbons (Fsp3) is 0.615. The van der Waals surface area contributed by atoms with E-state index < -0.39 is 0 Å². The fourth-order valence-corrected chi connectivity index (χ4v) is 2.10. The summed E-state index contributed by atoms with van der Waals surface area (Å²) in [6, 6.07) is 3.65. The van der Waals surface area contributed by atoms with Crippen molar-refractivity contribution in [1.29, 1.82) is 0 Å². The number of nitrogens with one attached hydrogen (secondary N) is 1. The van der Waals surface area contributed by atoms with E-state index in [-0.39, 0.29) is 12.1 Å². The molecule has 1 fully saturated rings. The first kappa shape index (κ1) is 12.0. The highest BCUT2D eigenvalue weighted by molar-refractivity contribution is 5.74. The molecule has 0 spiro atoms. The summed E-state index contributed by atoms with van der Waals surface area (Å²) in [4.78, 5) is 13.9. The van der Waals surface area contributed by atoms with Crippen molar-refractivity contribution in [3.05, 3.63) is 24.2 Å². The molecule has 0 saturated carbocycles. The number of urea groups is 1. The average molecular weight is 236 g/mol. The van der Waals surface area contributed by atoms with Gasteiger partial charge in [-0.2, -0.15) is 0 Å². The Hall–Kier alpha value is -1.45. The maximum absolute atomic E-state index is 12.0. The molecule has 4 heteroatoms. The summed E-state index contributed by atoms with van der Waals surface area (Å²) in [6.07, 6.45) is 3.83. The van der Waals surface area contributed by atoms with E-state index in [9.17, 15) is 4.79 Å². The molecule has 2 amide bonds. The van der Waals surface area contributed by atoms with Crippen LogP contribution in [0, 0.1) is 5.92 Å². The lowest BCUT2D eigenvalue weighted by Gasteiger charge is -2.31. The fourth-order valence-electron chi connectivity index (χ4n) is 2.10. The summed E-state index contributed by atoms with van der Waals surface area (Å²) in [6.45, 7) is 5.89. The topological polar surface area (TPSA) is 45.5 Å². The standard InChI is InChI=1S/C13H20N2O2/c1-10-5-7-15(8-6-10)13(16)14-11(2)12-4-3-9-17-12/h3-4,9-11H,5-8H2,1-2H3,(H,14,16). The Morgan fingerprint density at radius 3 is 2.82 bits per heavy atom. The third-order valence-electron chi connectivity index (χ3n) is 3.38. The van der Waals surface area contributed by atoms with Crippen molar-refractivity contribution in [2.75, 3.05) is 13.1 Å². The number of carbonyl (C=O) groups excluding carboxylic acids is 1. The van der Waals surface area contributed by atoms with Crippen LogP contribution in [0.25, 0.3) is 0 Å². The molecular weight excluding hydrogens is 216 g/mol. The number of piperidine rings is 1. The van der Waals surface area contributed by atoms with Gasteiger partial charge in [0.05, 0.1) is 12.3 Å². The van der Waals surface area contributed by atoms with Crippen molar-refractivity contribution in [3.63, 3.8) is 0 Å². The van der Waals surface area contributed by atoms with E-state index in [1.807, 2.05) is 24.0 Å². The third kappa shape index (κ3) is 3.02. The minimum Gasteiger partial charge on any atom is -0.467 e. The summed E-state index contributed by atoms with van der Waals surface area (Å²) in [5, 5.41) is 2.96. The summed E-state index contributed by atoms with van der Waals surface area (Å²) >= 11 is 0. The maximum Gasteiger partial charge on any atom is 0.317 e. The largest absolute Gasteiger partial charge is 0.467 e. The highest BCUT2D eigenvalue weighted by atomic mass is 16.3. The van der Waals surface area contributed by atoms with Crippen LogP contribution in [-0.2, 0) is 0 Å². The van der Waals surface area contributed by atoms with Gasteiger partial charge in [0.1, 0.15) is 5.76 Å². The summed E-state index contributed by atoms with van der Waals surface area (Å²) in [5.41, 5.74) is 0. The lowest BCUT2D eigenvalue weighted by molar-refractivity contribution is 0.170. The van der Waals surface area contributed by atoms with Crippen molar-refractivity contribution < 1.29 is 9.21 Å². The molecule has 17 heavy (non-hydrogen) atoms. The number of amides is 2. The van der Waals surface area contributed by atoms with Gasteiger partial charge in [-0.25, -0.2) is 4.79 Å². The molecule has 1 saturated heterocycles. The molecule has 1 aromatic rings. The molecule has 2 heterocycles. The predicted octanol–water partition coefficient (Wildman–Crippen LogP) is 2.78. The van der Waals surface area contributed by atoms with Crippen LogP contribution in [0.2, 0.25) is 0 Å². The molecule has 0 aliphatic carbocycles. The second kappa shape index (κ2) is 5.25. The number of hydrogen-bond donors (Lipinski definition) is 1. The monoisotopic (exact) mass is 236 g/mol. The summed E-state index contributed by atoms with van der Waals surface area (Å²) in [5.74, 6) is 1.53. The quantitative estimate of drug-likeness (QED) is 0.858. The minimum absolute atomic E-state index is 0.0146. The Kier molecular flexibility index (Phi) is 3.71. The Morgan fingerprint density at radius 1 is 1.53 bits per heavy atom. The van der Waals surface area contributed by atoms with Gasteiger partial charge in [-0.15, -0.1) is 0 Å². The molecule has 1 atom stereocenters. The molecule has 0 radical (unpaired) electrons. The van der Waals surface area contributed by atoms with Crippen LogP contribution in [0.1, 0.15) is 38.5 Å². The zero-order valence-corrected chi connectivity index (χ0v) is 10.5. The van der Waals surface area contributed by atoms with E-state index in [2.05, 4.69) is 12.2 Å². The van der Waals surface area contributed by atoms with Crippen molar-refractivity contribution in [2.24, 2.45) is 5.92 Å². The first-order valence-corrected chi connectivity index (χ1v) is 6.25. The molecular formula is C13H20N2O2. The van der Waals surface area contributed by atoms with E-state index in [1.54, 1.807) is 6.26 Å². The molecule has 1 aliphatic heterocycles. The molecule has 0 aromatic carbocycles. The Bertz CT molecular complexity index is 354. The first-order chi connectivity index (χ1) is 8.16. The van der Waals surface area contributed by atoms with Crippen LogP contribution in [0.4, 0.5) is 4.79 Å². The molecule has 1 aliphatic rings. The van der Waals surface area contributed by atoms with Crippen LogP contribution >= 0.6 is 0 Å². The third-order valence-corrected chi connectivity index (χ3v) is 3.38. The smallest absolute Gasteiger partial charge is 0.317 e. The van der Waals surface area contributed by atoms with Gasteiger partial charge in [0.15, 0.2) is 0 Å². The molecule has 1 N–H and O–H groups in total. The molecule has 94 valence electrons. The van der Waals surface area contributed by atoms with Gasteiger partial charge >= 0.3 is 6.03 Å². The number of nitrogens with zero attached hydrogens (tertiary/aromatic N) is 1. The van der Waals surface area contributed by atoms with E-state index in [1.165, 1.54) is 0 Å². The summed E-state index contributed by atoms with van der Waals surface area (Å²) < 4.78 is 5.27. The normalized spacial score (nSPS) is 19.1. The van der Waals surface area contributed by atoms with Crippen LogP contribution in [0.5, 0.6) is 0 Å². The highest BCUT2D eigenvalue weighted by Gasteiger charge is 2.22. The van der Waals surface area contributed by atoms with Crippen LogP contribution in [-0.4, -0.2) is 24.0 Å². The van der Waals surface area contributed by atoms with Gasteiger partial charge in [-0.1, -0.05) is 6.92 Å². The number of likely N-dealkylation sites (tertiary alicyclic amines) is 1. The van der Waals surface area contributed by atoms with E-state index in [0.29, 0.717) is 0 Å². The Balaban J connectivity index is 1.85. The SMILES string of the molecule is CC1CCN(C(=O)NC(C)c2ccco2)CC1. The van der Waals surface area contributed by atoms with Crippen LogP contribution in [0.3, 0.4) is 0 Å². The van der Waals surface area contributed by atoms with E-state index >= 15 is 0 Å². The van der Waals surface area contributed by atoms with Gasteiger partial charge in [0.2, 0.25) is 0 Å². The molecule has 4 nitrogen and oxygen atoms in total. The van der Waals surface area contributed by atoms with Gasteiger partial charge in [0, 0.05) is 13.1 Å². The van der Waals surface area contributed by atoms with Crippen molar-refractivity contribution >= 4 is 6.03 Å². The first-order valence-electron chi connectivity index (χ1n) is 6.25. The Morgan fingerprint density at radius 2 is 2.24 bits per heavy atom. The number of furan rings is 1. The van der Waals surface area contributed by atoms with Gasteiger partial charge in [-0.3, -0.25) is 0 Å². The zero-order valence-electron chi connectivity index (χ0n) is 10.5. The zero-order chi connectivity index (χ0) is 12.3. The minimum atomic E-state index is -0.0724. The average Bonchev–Trinajstić information content (AvgIpc) is 2.83. The number of carbonyl (C=O) groups is 1. The lowest BCUT2D eigenvalue weighted by atomic mass is 10.00. The van der Waals surface area contributed by atoms with Crippen molar-refractivity contribution in [1.82, 2.24) is 10.2 Å². The van der Waals surface area contributed by atoms with Crippen LogP contribution < -0.4 is 5.32 Å². The lowest BCUT2D eigenvalue weighted by Crippen LogP contribution is -2.44. The summed E-state index contributed by atoms with van der Waals surface area (Å²) in [7, 11) is 0. The molecule has 0 bridgehead atoms. The van der Waals surface area contributed by atoms with Crippen LogP contribution in [0.15, 0.2) is 22.8 Å². The van der Waals surface area contributed by atoms with Crippen molar-refractivity contribution in [2.45, 2.75) is 32.7 Å². The molecule has 1 aromatic heterocycles. The Labute approximate surface area is 102 Å². The molecule has 2 rings (SSSR count). The second-order valence-corrected chi connectivity index (χ2v) is 4.86. The number of hydrogen-bond acceptors (Lipinski definition) is 2.